The smallest absolute Gasteiger partial charge is 0.135 e. The molecule has 0 saturated heterocycles. The van der Waals surface area contributed by atoms with Crippen molar-refractivity contribution in [3.63, 3.8) is 0 Å². The molecule has 1 unspecified atom stereocenters. The molecule has 26 heavy (non-hydrogen) atoms. The van der Waals surface area contributed by atoms with E-state index in [1.807, 2.05) is 59.7 Å². The van der Waals surface area contributed by atoms with Gasteiger partial charge in [-0.05, 0) is 19.1 Å². The number of aliphatic hydroxyl groups is 1. The SMILES string of the molecule is CC(Cc1ccco1)N1CC(O)=C(c2nc(-c3ccccc3)cs2)C1=N. The van der Waals surface area contributed by atoms with Crippen LogP contribution in [0.15, 0.2) is 64.3 Å². The Morgan fingerprint density at radius 3 is 2.81 bits per heavy atom. The molecular formula is C20H19N3O2S. The Morgan fingerprint density at radius 2 is 2.08 bits per heavy atom. The van der Waals surface area contributed by atoms with Gasteiger partial charge in [-0.15, -0.1) is 11.3 Å². The first kappa shape index (κ1) is 16.6. The molecule has 1 aliphatic heterocycles. The zero-order valence-corrected chi connectivity index (χ0v) is 15.2. The van der Waals surface area contributed by atoms with Crippen molar-refractivity contribution in [2.24, 2.45) is 0 Å². The fraction of sp³-hybridized carbons (Fsp3) is 0.200. The normalized spacial score (nSPS) is 15.7. The third-order valence-corrected chi connectivity index (χ3v) is 5.39. The van der Waals surface area contributed by atoms with Crippen LogP contribution >= 0.6 is 11.3 Å². The number of nitrogens with one attached hydrogen (secondary N) is 1. The highest BCUT2D eigenvalue weighted by Gasteiger charge is 2.33. The lowest BCUT2D eigenvalue weighted by atomic mass is 10.1. The summed E-state index contributed by atoms with van der Waals surface area (Å²) in [5.41, 5.74) is 2.42. The predicted octanol–water partition coefficient (Wildman–Crippen LogP) is 4.60. The van der Waals surface area contributed by atoms with Gasteiger partial charge in [-0.1, -0.05) is 30.3 Å². The van der Waals surface area contributed by atoms with Gasteiger partial charge in [-0.2, -0.15) is 0 Å². The third-order valence-electron chi connectivity index (χ3n) is 4.53. The van der Waals surface area contributed by atoms with E-state index in [1.54, 1.807) is 6.26 Å². The lowest BCUT2D eigenvalue weighted by Gasteiger charge is -2.25. The number of aromatic nitrogens is 1. The zero-order chi connectivity index (χ0) is 18.1. The average molecular weight is 365 g/mol. The van der Waals surface area contributed by atoms with Crippen molar-refractivity contribution < 1.29 is 9.52 Å². The van der Waals surface area contributed by atoms with E-state index in [-0.39, 0.29) is 11.8 Å². The van der Waals surface area contributed by atoms with Crippen molar-refractivity contribution in [1.82, 2.24) is 9.88 Å². The first-order chi connectivity index (χ1) is 12.6. The molecule has 132 valence electrons. The first-order valence-electron chi connectivity index (χ1n) is 8.45. The van der Waals surface area contributed by atoms with Crippen molar-refractivity contribution in [1.29, 1.82) is 5.41 Å². The van der Waals surface area contributed by atoms with Crippen LogP contribution in [0.3, 0.4) is 0 Å². The summed E-state index contributed by atoms with van der Waals surface area (Å²) in [6.07, 6.45) is 2.34. The van der Waals surface area contributed by atoms with Crippen molar-refractivity contribution in [2.45, 2.75) is 19.4 Å². The lowest BCUT2D eigenvalue weighted by molar-refractivity contribution is 0.295. The molecule has 1 aliphatic rings. The van der Waals surface area contributed by atoms with Crippen LogP contribution in [0.5, 0.6) is 0 Å². The van der Waals surface area contributed by atoms with Crippen LogP contribution in [0.4, 0.5) is 0 Å². The molecule has 2 N–H and O–H groups in total. The van der Waals surface area contributed by atoms with E-state index in [1.165, 1.54) is 11.3 Å². The number of hydrogen-bond donors (Lipinski definition) is 2. The number of furan rings is 1. The summed E-state index contributed by atoms with van der Waals surface area (Å²) in [6.45, 7) is 2.36. The molecule has 6 heteroatoms. The van der Waals surface area contributed by atoms with E-state index >= 15 is 0 Å². The van der Waals surface area contributed by atoms with E-state index in [0.29, 0.717) is 29.4 Å². The van der Waals surface area contributed by atoms with Gasteiger partial charge in [0.2, 0.25) is 0 Å². The Bertz CT molecular complexity index is 945. The van der Waals surface area contributed by atoms with Crippen molar-refractivity contribution in [2.75, 3.05) is 6.54 Å². The summed E-state index contributed by atoms with van der Waals surface area (Å²) in [7, 11) is 0. The van der Waals surface area contributed by atoms with Gasteiger partial charge in [-0.3, -0.25) is 5.41 Å². The van der Waals surface area contributed by atoms with Gasteiger partial charge in [0.05, 0.1) is 24.1 Å². The van der Waals surface area contributed by atoms with Crippen molar-refractivity contribution in [3.8, 4) is 11.3 Å². The van der Waals surface area contributed by atoms with Gasteiger partial charge in [0.1, 0.15) is 22.4 Å². The fourth-order valence-electron chi connectivity index (χ4n) is 3.16. The number of nitrogens with zero attached hydrogens (tertiary/aromatic N) is 2. The van der Waals surface area contributed by atoms with E-state index in [9.17, 15) is 5.11 Å². The Morgan fingerprint density at radius 1 is 1.27 bits per heavy atom. The zero-order valence-electron chi connectivity index (χ0n) is 14.3. The van der Waals surface area contributed by atoms with Gasteiger partial charge >= 0.3 is 0 Å². The molecule has 0 aliphatic carbocycles. The molecule has 2 aromatic heterocycles. The Balaban J connectivity index is 1.55. The van der Waals surface area contributed by atoms with E-state index in [2.05, 4.69) is 4.98 Å². The molecule has 0 saturated carbocycles. The quantitative estimate of drug-likeness (QED) is 0.693. The van der Waals surface area contributed by atoms with Crippen molar-refractivity contribution in [3.05, 3.63) is 70.6 Å². The summed E-state index contributed by atoms with van der Waals surface area (Å²) >= 11 is 1.45. The standard InChI is InChI=1S/C20H19N3O2S/c1-13(10-15-8-5-9-25-15)23-11-17(24)18(19(23)21)20-22-16(12-26-20)14-6-3-2-4-7-14/h2-9,12-13,21,24H,10-11H2,1H3. The highest BCUT2D eigenvalue weighted by atomic mass is 32.1. The molecule has 5 nitrogen and oxygen atoms in total. The molecule has 4 rings (SSSR count). The van der Waals surface area contributed by atoms with Crippen LogP contribution in [0.25, 0.3) is 16.8 Å². The van der Waals surface area contributed by atoms with Crippen LogP contribution < -0.4 is 0 Å². The Labute approximate surface area is 155 Å². The third kappa shape index (κ3) is 3.04. The van der Waals surface area contributed by atoms with E-state index < -0.39 is 0 Å². The second-order valence-electron chi connectivity index (χ2n) is 6.33. The number of benzene rings is 1. The minimum atomic E-state index is 0.0434. The largest absolute Gasteiger partial charge is 0.510 e. The fourth-order valence-corrected chi connectivity index (χ4v) is 4.06. The number of hydrogen-bond acceptors (Lipinski definition) is 5. The number of aliphatic hydroxyl groups excluding tert-OH is 1. The molecule has 3 aromatic rings. The molecule has 0 fully saturated rings. The second kappa shape index (κ2) is 6.80. The van der Waals surface area contributed by atoms with Gasteiger partial charge in [0.25, 0.3) is 0 Å². The number of amidine groups is 1. The van der Waals surface area contributed by atoms with Crippen LogP contribution in [-0.2, 0) is 6.42 Å². The summed E-state index contributed by atoms with van der Waals surface area (Å²) < 4.78 is 5.41. The average Bonchev–Trinajstić information content (AvgIpc) is 3.37. The Kier molecular flexibility index (Phi) is 4.34. The van der Waals surface area contributed by atoms with Gasteiger partial charge in [0.15, 0.2) is 0 Å². The molecule has 1 aromatic carbocycles. The lowest BCUT2D eigenvalue weighted by Crippen LogP contribution is -2.36. The van der Waals surface area contributed by atoms with Gasteiger partial charge < -0.3 is 14.4 Å². The van der Waals surface area contributed by atoms with E-state index in [4.69, 9.17) is 9.83 Å². The molecule has 0 radical (unpaired) electrons. The Hall–Kier alpha value is -2.86. The number of rotatable bonds is 5. The first-order valence-corrected chi connectivity index (χ1v) is 9.33. The monoisotopic (exact) mass is 365 g/mol. The van der Waals surface area contributed by atoms with Crippen LogP contribution in [0.1, 0.15) is 17.7 Å². The molecular weight excluding hydrogens is 346 g/mol. The maximum atomic E-state index is 10.5. The molecule has 0 spiro atoms. The topological polar surface area (TPSA) is 73.3 Å². The van der Waals surface area contributed by atoms with Gasteiger partial charge in [0, 0.05) is 23.4 Å². The van der Waals surface area contributed by atoms with Gasteiger partial charge in [-0.25, -0.2) is 4.98 Å². The highest BCUT2D eigenvalue weighted by molar-refractivity contribution is 7.11. The molecule has 1 atom stereocenters. The van der Waals surface area contributed by atoms with Crippen LogP contribution in [0.2, 0.25) is 0 Å². The minimum absolute atomic E-state index is 0.0434. The minimum Gasteiger partial charge on any atom is -0.510 e. The van der Waals surface area contributed by atoms with Crippen molar-refractivity contribution >= 4 is 22.7 Å². The highest BCUT2D eigenvalue weighted by Crippen LogP contribution is 2.33. The summed E-state index contributed by atoms with van der Waals surface area (Å²) in [4.78, 5) is 6.53. The predicted molar refractivity (Wildman–Crippen MR) is 103 cm³/mol. The maximum absolute atomic E-state index is 10.5. The van der Waals surface area contributed by atoms with E-state index in [0.717, 1.165) is 17.0 Å². The summed E-state index contributed by atoms with van der Waals surface area (Å²) in [6, 6.07) is 13.8. The van der Waals surface area contributed by atoms with Crippen LogP contribution in [0, 0.1) is 5.41 Å². The molecule has 0 bridgehead atoms. The molecule has 0 amide bonds. The maximum Gasteiger partial charge on any atom is 0.135 e. The summed E-state index contributed by atoms with van der Waals surface area (Å²) in [5, 5.41) is 21.7. The summed E-state index contributed by atoms with van der Waals surface area (Å²) in [5.74, 6) is 1.39. The second-order valence-corrected chi connectivity index (χ2v) is 7.19. The van der Waals surface area contributed by atoms with Crippen LogP contribution in [-0.4, -0.2) is 33.4 Å². The number of thiazole rings is 1. The molecule has 3 heterocycles.